The van der Waals surface area contributed by atoms with E-state index >= 15 is 0 Å². The van der Waals surface area contributed by atoms with Gasteiger partial charge in [-0.05, 0) is 37.0 Å². The number of hydrogen-bond donors (Lipinski definition) is 2. The number of aliphatic hydroxyl groups is 1. The van der Waals surface area contributed by atoms with Gasteiger partial charge in [0.1, 0.15) is 0 Å². The van der Waals surface area contributed by atoms with E-state index in [1.54, 1.807) is 19.2 Å². The largest absolute Gasteiger partial charge is 0.392 e. The van der Waals surface area contributed by atoms with Crippen molar-refractivity contribution in [3.8, 4) is 0 Å². The van der Waals surface area contributed by atoms with Crippen LogP contribution in [-0.4, -0.2) is 33.8 Å². The average Bonchev–Trinajstić information content (AvgIpc) is 2.43. The maximum absolute atomic E-state index is 11.9. The van der Waals surface area contributed by atoms with Gasteiger partial charge in [0, 0.05) is 20.3 Å². The van der Waals surface area contributed by atoms with Crippen molar-refractivity contribution in [2.75, 3.05) is 20.3 Å². The van der Waals surface area contributed by atoms with Gasteiger partial charge in [0.25, 0.3) is 0 Å². The van der Waals surface area contributed by atoms with E-state index in [0.29, 0.717) is 18.7 Å². The maximum atomic E-state index is 11.9. The lowest BCUT2D eigenvalue weighted by molar-refractivity contribution is 0.192. The molecule has 0 aliphatic carbocycles. The highest BCUT2D eigenvalue weighted by molar-refractivity contribution is 7.89. The summed E-state index contributed by atoms with van der Waals surface area (Å²) in [5.41, 5.74) is 0.693. The molecule has 1 aromatic carbocycles. The molecule has 0 aliphatic rings. The minimum atomic E-state index is -3.44. The van der Waals surface area contributed by atoms with Crippen LogP contribution in [0.4, 0.5) is 0 Å². The third-order valence-corrected chi connectivity index (χ3v) is 4.21. The van der Waals surface area contributed by atoms with E-state index in [1.807, 2.05) is 0 Å². The van der Waals surface area contributed by atoms with Crippen LogP contribution in [0, 0.1) is 0 Å². The minimum Gasteiger partial charge on any atom is -0.392 e. The molecule has 0 radical (unpaired) electrons. The molecule has 19 heavy (non-hydrogen) atoms. The molecule has 0 bridgehead atoms. The van der Waals surface area contributed by atoms with E-state index in [1.165, 1.54) is 12.1 Å². The fourth-order valence-electron chi connectivity index (χ4n) is 1.61. The number of sulfonamides is 1. The van der Waals surface area contributed by atoms with Crippen LogP contribution in [0.3, 0.4) is 0 Å². The summed E-state index contributed by atoms with van der Waals surface area (Å²) in [6, 6.07) is 6.21. The van der Waals surface area contributed by atoms with Crippen molar-refractivity contribution >= 4 is 10.0 Å². The molecule has 0 amide bonds. The Balaban J connectivity index is 2.42. The smallest absolute Gasteiger partial charge is 0.240 e. The number of ether oxygens (including phenoxy) is 1. The zero-order chi connectivity index (χ0) is 14.1. The predicted octanol–water partition coefficient (Wildman–Crippen LogP) is 1.27. The first-order valence-corrected chi connectivity index (χ1v) is 7.77. The van der Waals surface area contributed by atoms with Gasteiger partial charge in [0.05, 0.1) is 11.5 Å². The van der Waals surface area contributed by atoms with Gasteiger partial charge in [-0.25, -0.2) is 13.1 Å². The second kappa shape index (κ2) is 8.27. The van der Waals surface area contributed by atoms with Gasteiger partial charge >= 0.3 is 0 Å². The second-order valence-electron chi connectivity index (χ2n) is 4.25. The fraction of sp³-hybridized carbons (Fsp3) is 0.538. The van der Waals surface area contributed by atoms with E-state index in [4.69, 9.17) is 9.84 Å². The van der Waals surface area contributed by atoms with Crippen molar-refractivity contribution in [2.24, 2.45) is 0 Å². The van der Waals surface area contributed by atoms with Gasteiger partial charge in [-0.1, -0.05) is 12.1 Å². The molecule has 1 rings (SSSR count). The third kappa shape index (κ3) is 5.69. The molecule has 0 saturated heterocycles. The molecule has 0 unspecified atom stereocenters. The normalized spacial score (nSPS) is 11.7. The van der Waals surface area contributed by atoms with Crippen LogP contribution in [0.1, 0.15) is 24.8 Å². The van der Waals surface area contributed by atoms with Crippen LogP contribution in [0.2, 0.25) is 0 Å². The van der Waals surface area contributed by atoms with Gasteiger partial charge in [-0.2, -0.15) is 0 Å². The molecule has 0 heterocycles. The first kappa shape index (κ1) is 16.1. The highest BCUT2D eigenvalue weighted by Gasteiger charge is 2.12. The lowest BCUT2D eigenvalue weighted by atomic mass is 10.2. The Morgan fingerprint density at radius 1 is 1.16 bits per heavy atom. The monoisotopic (exact) mass is 287 g/mol. The van der Waals surface area contributed by atoms with Gasteiger partial charge in [0.15, 0.2) is 0 Å². The summed E-state index contributed by atoms with van der Waals surface area (Å²) in [6.45, 7) is 1.04. The Bertz CT molecular complexity index is 456. The summed E-state index contributed by atoms with van der Waals surface area (Å²) in [6.07, 6.45) is 2.65. The molecule has 6 heteroatoms. The Morgan fingerprint density at radius 2 is 1.84 bits per heavy atom. The van der Waals surface area contributed by atoms with Crippen LogP contribution in [-0.2, 0) is 21.4 Å². The molecule has 0 saturated carbocycles. The number of benzene rings is 1. The SMILES string of the molecule is COCCCCCNS(=O)(=O)c1ccc(CO)cc1. The highest BCUT2D eigenvalue weighted by Crippen LogP contribution is 2.10. The number of nitrogens with one attached hydrogen (secondary N) is 1. The molecular weight excluding hydrogens is 266 g/mol. The van der Waals surface area contributed by atoms with Gasteiger partial charge in [-0.3, -0.25) is 0 Å². The summed E-state index contributed by atoms with van der Waals surface area (Å²) in [4.78, 5) is 0.224. The van der Waals surface area contributed by atoms with Crippen LogP contribution in [0.15, 0.2) is 29.2 Å². The summed E-state index contributed by atoms with van der Waals surface area (Å²) < 4.78 is 31.3. The first-order chi connectivity index (χ1) is 9.10. The summed E-state index contributed by atoms with van der Waals surface area (Å²) in [5.74, 6) is 0. The van der Waals surface area contributed by atoms with Crippen molar-refractivity contribution in [3.05, 3.63) is 29.8 Å². The number of hydrogen-bond acceptors (Lipinski definition) is 4. The van der Waals surface area contributed by atoms with Crippen LogP contribution in [0.25, 0.3) is 0 Å². The second-order valence-corrected chi connectivity index (χ2v) is 6.02. The number of aliphatic hydroxyl groups excluding tert-OH is 1. The highest BCUT2D eigenvalue weighted by atomic mass is 32.2. The number of methoxy groups -OCH3 is 1. The third-order valence-electron chi connectivity index (χ3n) is 2.73. The molecule has 0 aromatic heterocycles. The molecule has 0 atom stereocenters. The van der Waals surface area contributed by atoms with Crippen LogP contribution >= 0.6 is 0 Å². The Labute approximate surface area is 114 Å². The van der Waals surface area contributed by atoms with Gasteiger partial charge in [0.2, 0.25) is 10.0 Å². The topological polar surface area (TPSA) is 75.6 Å². The maximum Gasteiger partial charge on any atom is 0.240 e. The van der Waals surface area contributed by atoms with E-state index in [9.17, 15) is 8.42 Å². The van der Waals surface area contributed by atoms with E-state index in [-0.39, 0.29) is 11.5 Å². The summed E-state index contributed by atoms with van der Waals surface area (Å²) in [7, 11) is -1.79. The van der Waals surface area contributed by atoms with E-state index < -0.39 is 10.0 Å². The van der Waals surface area contributed by atoms with Gasteiger partial charge in [-0.15, -0.1) is 0 Å². The van der Waals surface area contributed by atoms with Crippen LogP contribution < -0.4 is 4.72 Å². The van der Waals surface area contributed by atoms with E-state index in [2.05, 4.69) is 4.72 Å². The quantitative estimate of drug-likeness (QED) is 0.671. The average molecular weight is 287 g/mol. The molecule has 2 N–H and O–H groups in total. The Morgan fingerprint density at radius 3 is 2.42 bits per heavy atom. The van der Waals surface area contributed by atoms with Crippen molar-refractivity contribution in [1.29, 1.82) is 0 Å². The van der Waals surface area contributed by atoms with Crippen molar-refractivity contribution in [1.82, 2.24) is 4.72 Å². The number of rotatable bonds is 9. The van der Waals surface area contributed by atoms with Crippen molar-refractivity contribution in [3.63, 3.8) is 0 Å². The first-order valence-electron chi connectivity index (χ1n) is 6.28. The Kier molecular flexibility index (Phi) is 7.01. The standard InChI is InChI=1S/C13H21NO4S/c1-18-10-4-2-3-9-14-19(16,17)13-7-5-12(11-15)6-8-13/h5-8,14-15H,2-4,9-11H2,1H3. The molecular formula is C13H21NO4S. The fourth-order valence-corrected chi connectivity index (χ4v) is 2.69. The van der Waals surface area contributed by atoms with Crippen molar-refractivity contribution < 1.29 is 18.3 Å². The predicted molar refractivity (Wildman–Crippen MR) is 73.3 cm³/mol. The molecule has 0 aliphatic heterocycles. The summed E-state index contributed by atoms with van der Waals surface area (Å²) in [5, 5.41) is 8.90. The Hall–Kier alpha value is -0.950. The zero-order valence-electron chi connectivity index (χ0n) is 11.1. The molecule has 0 fully saturated rings. The molecule has 108 valence electrons. The number of unbranched alkanes of at least 4 members (excludes halogenated alkanes) is 2. The van der Waals surface area contributed by atoms with Gasteiger partial charge < -0.3 is 9.84 Å². The van der Waals surface area contributed by atoms with E-state index in [0.717, 1.165) is 19.3 Å². The lowest BCUT2D eigenvalue weighted by Gasteiger charge is -2.07. The van der Waals surface area contributed by atoms with Crippen molar-refractivity contribution in [2.45, 2.75) is 30.8 Å². The molecule has 5 nitrogen and oxygen atoms in total. The minimum absolute atomic E-state index is 0.0900. The lowest BCUT2D eigenvalue weighted by Crippen LogP contribution is -2.24. The molecule has 0 spiro atoms. The molecule has 1 aromatic rings. The van der Waals surface area contributed by atoms with Crippen LogP contribution in [0.5, 0.6) is 0 Å². The summed E-state index contributed by atoms with van der Waals surface area (Å²) >= 11 is 0. The zero-order valence-corrected chi connectivity index (χ0v) is 11.9.